The predicted molar refractivity (Wildman–Crippen MR) is 125 cm³/mol. The van der Waals surface area contributed by atoms with E-state index in [1.807, 2.05) is 18.2 Å². The molecule has 3 aromatic rings. The molecule has 9 heteroatoms. The fourth-order valence-electron chi connectivity index (χ4n) is 4.24. The number of aliphatic hydroxyl groups excluding tert-OH is 1. The standard InChI is InChI=1S/C24H23ClN4O3S/c25-21-6-5-17(12-23(21)33(31,32)29-9-7-19(30)8-10-29)24-27-14-22(28-24)16-3-4-18(13-26)20(11-16)15-1-2-15/h3-6,11-12,14-15,19,30H,1-2,7-10H2,(H,27,28). The van der Waals surface area contributed by atoms with Crippen LogP contribution in [0.1, 0.15) is 42.7 Å². The third kappa shape index (κ3) is 4.30. The van der Waals surface area contributed by atoms with Crippen LogP contribution in [0.15, 0.2) is 47.5 Å². The van der Waals surface area contributed by atoms with Gasteiger partial charge in [0.1, 0.15) is 10.7 Å². The summed E-state index contributed by atoms with van der Waals surface area (Å²) in [5.74, 6) is 0.974. The van der Waals surface area contributed by atoms with Gasteiger partial charge in [-0.2, -0.15) is 9.57 Å². The zero-order valence-corrected chi connectivity index (χ0v) is 19.4. The van der Waals surface area contributed by atoms with Gasteiger partial charge in [0.15, 0.2) is 0 Å². The number of sulfonamides is 1. The van der Waals surface area contributed by atoms with Gasteiger partial charge in [-0.1, -0.05) is 17.7 Å². The van der Waals surface area contributed by atoms with Crippen LogP contribution in [0.2, 0.25) is 5.02 Å². The lowest BCUT2D eigenvalue weighted by atomic mass is 10.00. The third-order valence-electron chi connectivity index (χ3n) is 6.31. The van der Waals surface area contributed by atoms with E-state index in [0.717, 1.165) is 29.7 Å². The first-order valence-corrected chi connectivity index (χ1v) is 12.8. The van der Waals surface area contributed by atoms with Crippen molar-refractivity contribution in [2.24, 2.45) is 0 Å². The predicted octanol–water partition coefficient (Wildman–Crippen LogP) is 4.29. The molecule has 170 valence electrons. The lowest BCUT2D eigenvalue weighted by molar-refractivity contribution is 0.113. The van der Waals surface area contributed by atoms with Crippen LogP contribution >= 0.6 is 11.6 Å². The molecule has 2 aliphatic rings. The quantitative estimate of drug-likeness (QED) is 0.563. The Morgan fingerprint density at radius 3 is 2.52 bits per heavy atom. The van der Waals surface area contributed by atoms with Gasteiger partial charge in [-0.15, -0.1) is 0 Å². The number of halogens is 1. The van der Waals surface area contributed by atoms with E-state index in [9.17, 15) is 18.8 Å². The molecule has 1 saturated heterocycles. The molecule has 2 fully saturated rings. The second kappa shape index (κ2) is 8.58. The molecule has 2 N–H and O–H groups in total. The van der Waals surface area contributed by atoms with Crippen molar-refractivity contribution in [2.75, 3.05) is 13.1 Å². The molecule has 0 amide bonds. The summed E-state index contributed by atoms with van der Waals surface area (Å²) in [6.45, 7) is 0.522. The lowest BCUT2D eigenvalue weighted by Crippen LogP contribution is -2.40. The second-order valence-corrected chi connectivity index (χ2v) is 10.9. The number of H-pyrrole nitrogens is 1. The molecule has 5 rings (SSSR count). The van der Waals surface area contributed by atoms with E-state index < -0.39 is 16.1 Å². The average molecular weight is 483 g/mol. The lowest BCUT2D eigenvalue weighted by Gasteiger charge is -2.29. The number of piperidine rings is 1. The molecule has 1 saturated carbocycles. The van der Waals surface area contributed by atoms with Crippen molar-refractivity contribution in [1.82, 2.24) is 14.3 Å². The molecule has 0 radical (unpaired) electrons. The van der Waals surface area contributed by atoms with Gasteiger partial charge < -0.3 is 10.1 Å². The van der Waals surface area contributed by atoms with Gasteiger partial charge >= 0.3 is 0 Å². The highest BCUT2D eigenvalue weighted by Gasteiger charge is 2.31. The maximum atomic E-state index is 13.2. The molecule has 33 heavy (non-hydrogen) atoms. The summed E-state index contributed by atoms with van der Waals surface area (Å²) in [4.78, 5) is 7.85. The fourth-order valence-corrected chi connectivity index (χ4v) is 6.21. The highest BCUT2D eigenvalue weighted by molar-refractivity contribution is 7.89. The molecule has 2 aromatic carbocycles. The summed E-state index contributed by atoms with van der Waals surface area (Å²) in [7, 11) is -3.79. The minimum Gasteiger partial charge on any atom is -0.393 e. The minimum absolute atomic E-state index is 0.0328. The number of nitrogens with one attached hydrogen (secondary N) is 1. The number of hydrogen-bond donors (Lipinski definition) is 2. The summed E-state index contributed by atoms with van der Waals surface area (Å²) in [5.41, 5.74) is 4.01. The summed E-state index contributed by atoms with van der Waals surface area (Å²) in [5, 5.41) is 19.2. The summed E-state index contributed by atoms with van der Waals surface area (Å²) >= 11 is 6.29. The fraction of sp³-hybridized carbons (Fsp3) is 0.333. The van der Waals surface area contributed by atoms with Crippen LogP contribution in [0.5, 0.6) is 0 Å². The zero-order valence-electron chi connectivity index (χ0n) is 17.8. The average Bonchev–Trinajstić information content (AvgIpc) is 3.55. The Bertz CT molecular complexity index is 1350. The van der Waals surface area contributed by atoms with Gasteiger partial charge in [0.2, 0.25) is 10.0 Å². The number of aromatic nitrogens is 2. The maximum Gasteiger partial charge on any atom is 0.244 e. The van der Waals surface area contributed by atoms with Crippen molar-refractivity contribution in [3.05, 3.63) is 58.7 Å². The number of aliphatic hydroxyl groups is 1. The number of aromatic amines is 1. The Balaban J connectivity index is 1.46. The largest absolute Gasteiger partial charge is 0.393 e. The number of benzene rings is 2. The minimum atomic E-state index is -3.79. The summed E-state index contributed by atoms with van der Waals surface area (Å²) in [6, 6.07) is 12.9. The van der Waals surface area contributed by atoms with Crippen molar-refractivity contribution < 1.29 is 13.5 Å². The van der Waals surface area contributed by atoms with E-state index in [0.29, 0.717) is 35.7 Å². The highest BCUT2D eigenvalue weighted by atomic mass is 35.5. The van der Waals surface area contributed by atoms with Crippen molar-refractivity contribution in [2.45, 2.75) is 42.6 Å². The Hall–Kier alpha value is -2.70. The van der Waals surface area contributed by atoms with Gasteiger partial charge in [0.05, 0.1) is 28.5 Å². The summed E-state index contributed by atoms with van der Waals surface area (Å²) < 4.78 is 27.8. The van der Waals surface area contributed by atoms with Gasteiger partial charge in [-0.05, 0) is 67.5 Å². The molecular formula is C24H23ClN4O3S. The Morgan fingerprint density at radius 1 is 1.09 bits per heavy atom. The Morgan fingerprint density at radius 2 is 1.82 bits per heavy atom. The van der Waals surface area contributed by atoms with Crippen molar-refractivity contribution >= 4 is 21.6 Å². The normalized spacial score (nSPS) is 17.7. The molecule has 0 spiro atoms. The Kier molecular flexibility index (Phi) is 5.75. The van der Waals surface area contributed by atoms with Crippen LogP contribution < -0.4 is 0 Å². The molecule has 0 atom stereocenters. The van der Waals surface area contributed by atoms with Crippen molar-refractivity contribution in [3.8, 4) is 28.7 Å². The van der Waals surface area contributed by atoms with Gasteiger partial charge in [0.25, 0.3) is 0 Å². The van der Waals surface area contributed by atoms with E-state index in [1.54, 1.807) is 24.4 Å². The van der Waals surface area contributed by atoms with Crippen LogP contribution in [0.25, 0.3) is 22.6 Å². The molecule has 1 aromatic heterocycles. The SMILES string of the molecule is N#Cc1ccc(-c2c[nH]c(-c3ccc(Cl)c(S(=O)(=O)N4CCC(O)CC4)c3)n2)cc1C1CC1. The molecule has 1 aliphatic heterocycles. The van der Waals surface area contributed by atoms with Gasteiger partial charge in [-0.3, -0.25) is 0 Å². The monoisotopic (exact) mass is 482 g/mol. The third-order valence-corrected chi connectivity index (χ3v) is 8.69. The van der Waals surface area contributed by atoms with Gasteiger partial charge in [0, 0.05) is 30.4 Å². The van der Waals surface area contributed by atoms with Crippen LogP contribution in [0.4, 0.5) is 0 Å². The van der Waals surface area contributed by atoms with Gasteiger partial charge in [-0.25, -0.2) is 13.4 Å². The first-order valence-electron chi connectivity index (χ1n) is 10.9. The van der Waals surface area contributed by atoms with Crippen LogP contribution in [-0.2, 0) is 10.0 Å². The van der Waals surface area contributed by atoms with E-state index in [4.69, 9.17) is 11.6 Å². The number of nitrogens with zero attached hydrogens (tertiary/aromatic N) is 3. The number of hydrogen-bond acceptors (Lipinski definition) is 5. The number of nitriles is 1. The zero-order chi connectivity index (χ0) is 23.2. The first-order chi connectivity index (χ1) is 15.9. The highest BCUT2D eigenvalue weighted by Crippen LogP contribution is 2.43. The van der Waals surface area contributed by atoms with Crippen LogP contribution in [0.3, 0.4) is 0 Å². The van der Waals surface area contributed by atoms with Crippen LogP contribution in [0, 0.1) is 11.3 Å². The topological polar surface area (TPSA) is 110 Å². The summed E-state index contributed by atoms with van der Waals surface area (Å²) in [6.07, 6.45) is 4.32. The number of rotatable bonds is 5. The molecule has 7 nitrogen and oxygen atoms in total. The second-order valence-electron chi connectivity index (χ2n) is 8.60. The molecule has 2 heterocycles. The van der Waals surface area contributed by atoms with E-state index >= 15 is 0 Å². The molecular weight excluding hydrogens is 460 g/mol. The first kappa shape index (κ1) is 22.1. The molecule has 1 aliphatic carbocycles. The Labute approximate surface area is 197 Å². The van der Waals surface area contributed by atoms with E-state index in [-0.39, 0.29) is 23.0 Å². The van der Waals surface area contributed by atoms with Crippen molar-refractivity contribution in [3.63, 3.8) is 0 Å². The van der Waals surface area contributed by atoms with Crippen LogP contribution in [-0.4, -0.2) is 47.0 Å². The molecule has 0 bridgehead atoms. The maximum absolute atomic E-state index is 13.2. The van der Waals surface area contributed by atoms with E-state index in [1.165, 1.54) is 4.31 Å². The smallest absolute Gasteiger partial charge is 0.244 e. The van der Waals surface area contributed by atoms with Crippen molar-refractivity contribution in [1.29, 1.82) is 5.26 Å². The molecule has 0 unspecified atom stereocenters. The number of imidazole rings is 1. The van der Waals surface area contributed by atoms with E-state index in [2.05, 4.69) is 16.0 Å².